The van der Waals surface area contributed by atoms with Gasteiger partial charge in [0, 0.05) is 11.6 Å². The maximum atomic E-state index is 11.0. The second kappa shape index (κ2) is 4.42. The molecule has 3 rings (SSSR count). The number of hydrogen-bond donors (Lipinski definition) is 1. The zero-order valence-corrected chi connectivity index (χ0v) is 10.5. The molecule has 0 radical (unpaired) electrons. The van der Waals surface area contributed by atoms with Crippen LogP contribution >= 0.6 is 0 Å². The quantitative estimate of drug-likeness (QED) is 0.914. The Bertz CT molecular complexity index is 612. The summed E-state index contributed by atoms with van der Waals surface area (Å²) < 4.78 is 6.84. The smallest absolute Gasteiger partial charge is 0.356 e. The minimum Gasteiger partial charge on any atom is -0.497 e. The maximum absolute atomic E-state index is 11.0. The monoisotopic (exact) mass is 258 g/mol. The summed E-state index contributed by atoms with van der Waals surface area (Å²) in [5.74, 6) is 0.208. The lowest BCUT2D eigenvalue weighted by Crippen LogP contribution is -2.03. The van der Waals surface area contributed by atoms with E-state index in [1.165, 1.54) is 0 Å². The highest BCUT2D eigenvalue weighted by molar-refractivity contribution is 5.85. The second-order valence-electron chi connectivity index (χ2n) is 4.64. The van der Waals surface area contributed by atoms with Gasteiger partial charge in [-0.15, -0.1) is 0 Å². The first kappa shape index (κ1) is 11.8. The Morgan fingerprint density at radius 2 is 2.05 bits per heavy atom. The molecule has 0 saturated heterocycles. The molecule has 1 aliphatic carbocycles. The number of ether oxygens (including phenoxy) is 1. The summed E-state index contributed by atoms with van der Waals surface area (Å²) in [6.07, 6.45) is 2.20. The summed E-state index contributed by atoms with van der Waals surface area (Å²) in [7, 11) is 1.61. The van der Waals surface area contributed by atoms with Crippen molar-refractivity contribution in [2.24, 2.45) is 0 Å². The van der Waals surface area contributed by atoms with Crippen molar-refractivity contribution in [3.8, 4) is 11.4 Å². The predicted octanol–water partition coefficient (Wildman–Crippen LogP) is 2.46. The SMILES string of the molecule is COc1ccc(-n2nc(C(=O)O)cc2C2CC2)cc1. The molecule has 1 saturated carbocycles. The molecule has 1 heterocycles. The van der Waals surface area contributed by atoms with Crippen molar-refractivity contribution in [3.63, 3.8) is 0 Å². The fourth-order valence-electron chi connectivity index (χ4n) is 2.10. The lowest BCUT2D eigenvalue weighted by atomic mass is 10.2. The molecule has 0 spiro atoms. The fourth-order valence-corrected chi connectivity index (χ4v) is 2.10. The van der Waals surface area contributed by atoms with Crippen molar-refractivity contribution < 1.29 is 14.6 Å². The lowest BCUT2D eigenvalue weighted by molar-refractivity contribution is 0.0690. The number of carboxylic acids is 1. The van der Waals surface area contributed by atoms with Gasteiger partial charge in [-0.1, -0.05) is 0 Å². The number of carbonyl (C=O) groups is 1. The van der Waals surface area contributed by atoms with E-state index in [0.29, 0.717) is 5.92 Å². The minimum absolute atomic E-state index is 0.0951. The highest BCUT2D eigenvalue weighted by Gasteiger charge is 2.29. The summed E-state index contributed by atoms with van der Waals surface area (Å²) in [6, 6.07) is 9.11. The fraction of sp³-hybridized carbons (Fsp3) is 0.286. The Kier molecular flexibility index (Phi) is 2.74. The molecule has 1 fully saturated rings. The molecule has 0 bridgehead atoms. The first-order chi connectivity index (χ1) is 9.19. The van der Waals surface area contributed by atoms with Crippen LogP contribution in [-0.4, -0.2) is 28.0 Å². The van der Waals surface area contributed by atoms with Gasteiger partial charge < -0.3 is 9.84 Å². The number of aromatic carboxylic acids is 1. The largest absolute Gasteiger partial charge is 0.497 e. The zero-order valence-electron chi connectivity index (χ0n) is 10.5. The van der Waals surface area contributed by atoms with Gasteiger partial charge in [0.15, 0.2) is 5.69 Å². The zero-order chi connectivity index (χ0) is 13.4. The van der Waals surface area contributed by atoms with Gasteiger partial charge in [0.25, 0.3) is 0 Å². The van der Waals surface area contributed by atoms with E-state index in [1.807, 2.05) is 24.3 Å². The van der Waals surface area contributed by atoms with E-state index < -0.39 is 5.97 Å². The van der Waals surface area contributed by atoms with Gasteiger partial charge in [0.05, 0.1) is 12.8 Å². The average molecular weight is 258 g/mol. The second-order valence-corrected chi connectivity index (χ2v) is 4.64. The standard InChI is InChI=1S/C14H14N2O3/c1-19-11-6-4-10(5-7-11)16-13(9-2-3-9)8-12(15-16)14(17)18/h4-9H,2-3H2,1H3,(H,17,18). The first-order valence-electron chi connectivity index (χ1n) is 6.16. The summed E-state index contributed by atoms with van der Waals surface area (Å²) >= 11 is 0. The molecule has 0 aliphatic heterocycles. The Hall–Kier alpha value is -2.30. The number of rotatable bonds is 4. The van der Waals surface area contributed by atoms with Gasteiger partial charge in [-0.05, 0) is 43.2 Å². The maximum Gasteiger partial charge on any atom is 0.356 e. The van der Waals surface area contributed by atoms with E-state index in [-0.39, 0.29) is 5.69 Å². The van der Waals surface area contributed by atoms with Crippen LogP contribution in [0.3, 0.4) is 0 Å². The highest BCUT2D eigenvalue weighted by atomic mass is 16.5. The highest BCUT2D eigenvalue weighted by Crippen LogP contribution is 2.41. The molecule has 19 heavy (non-hydrogen) atoms. The molecular formula is C14H14N2O3. The molecule has 0 atom stereocenters. The lowest BCUT2D eigenvalue weighted by Gasteiger charge is -2.07. The van der Waals surface area contributed by atoms with Crippen LogP contribution in [0.15, 0.2) is 30.3 Å². The molecule has 5 heteroatoms. The van der Waals surface area contributed by atoms with E-state index in [9.17, 15) is 4.79 Å². The van der Waals surface area contributed by atoms with Gasteiger partial charge in [-0.3, -0.25) is 0 Å². The molecule has 1 aromatic heterocycles. The van der Waals surface area contributed by atoms with Crippen LogP contribution in [0.4, 0.5) is 0 Å². The van der Waals surface area contributed by atoms with Crippen molar-refractivity contribution in [1.82, 2.24) is 9.78 Å². The number of benzene rings is 1. The Morgan fingerprint density at radius 3 is 2.58 bits per heavy atom. The molecule has 0 unspecified atom stereocenters. The number of nitrogens with zero attached hydrogens (tertiary/aromatic N) is 2. The average Bonchev–Trinajstić information content (AvgIpc) is 3.17. The summed E-state index contributed by atoms with van der Waals surface area (Å²) in [5, 5.41) is 13.2. The van der Waals surface area contributed by atoms with Crippen LogP contribution in [0.2, 0.25) is 0 Å². The van der Waals surface area contributed by atoms with E-state index in [1.54, 1.807) is 17.9 Å². The van der Waals surface area contributed by atoms with E-state index in [0.717, 1.165) is 30.0 Å². The van der Waals surface area contributed by atoms with Crippen molar-refractivity contribution >= 4 is 5.97 Å². The van der Waals surface area contributed by atoms with Gasteiger partial charge in [0.2, 0.25) is 0 Å². The van der Waals surface area contributed by atoms with Crippen molar-refractivity contribution in [2.75, 3.05) is 7.11 Å². The van der Waals surface area contributed by atoms with Crippen LogP contribution < -0.4 is 4.74 Å². The molecule has 98 valence electrons. The first-order valence-corrected chi connectivity index (χ1v) is 6.16. The molecule has 1 aromatic carbocycles. The van der Waals surface area contributed by atoms with Crippen molar-refractivity contribution in [2.45, 2.75) is 18.8 Å². The molecule has 2 aromatic rings. The molecular weight excluding hydrogens is 244 g/mol. The summed E-state index contributed by atoms with van der Waals surface area (Å²) in [6.45, 7) is 0. The van der Waals surface area contributed by atoms with Crippen molar-refractivity contribution in [3.05, 3.63) is 41.7 Å². The van der Waals surface area contributed by atoms with Crippen LogP contribution in [0.1, 0.15) is 34.9 Å². The van der Waals surface area contributed by atoms with E-state index in [2.05, 4.69) is 5.10 Å². The normalized spacial score (nSPS) is 14.4. The number of carboxylic acid groups (broad SMARTS) is 1. The van der Waals surface area contributed by atoms with Gasteiger partial charge >= 0.3 is 5.97 Å². The third kappa shape index (κ3) is 2.19. The van der Waals surface area contributed by atoms with Crippen LogP contribution in [-0.2, 0) is 0 Å². The predicted molar refractivity (Wildman–Crippen MR) is 69.1 cm³/mol. The Labute approximate surface area is 110 Å². The Morgan fingerprint density at radius 1 is 1.37 bits per heavy atom. The topological polar surface area (TPSA) is 64.4 Å². The van der Waals surface area contributed by atoms with Crippen LogP contribution in [0.25, 0.3) is 5.69 Å². The number of methoxy groups -OCH3 is 1. The summed E-state index contributed by atoms with van der Waals surface area (Å²) in [4.78, 5) is 11.0. The van der Waals surface area contributed by atoms with Gasteiger partial charge in [-0.2, -0.15) is 5.10 Å². The molecule has 1 aliphatic rings. The van der Waals surface area contributed by atoms with Crippen molar-refractivity contribution in [1.29, 1.82) is 0 Å². The van der Waals surface area contributed by atoms with E-state index in [4.69, 9.17) is 9.84 Å². The van der Waals surface area contributed by atoms with Gasteiger partial charge in [-0.25, -0.2) is 9.48 Å². The number of aromatic nitrogens is 2. The third-order valence-electron chi connectivity index (χ3n) is 3.27. The minimum atomic E-state index is -0.992. The molecule has 0 amide bonds. The van der Waals surface area contributed by atoms with E-state index >= 15 is 0 Å². The van der Waals surface area contributed by atoms with Crippen LogP contribution in [0, 0.1) is 0 Å². The number of hydrogen-bond acceptors (Lipinski definition) is 3. The third-order valence-corrected chi connectivity index (χ3v) is 3.27. The Balaban J connectivity index is 2.04. The summed E-state index contributed by atoms with van der Waals surface area (Å²) in [5.41, 5.74) is 1.93. The van der Waals surface area contributed by atoms with Gasteiger partial charge in [0.1, 0.15) is 5.75 Å². The molecule has 5 nitrogen and oxygen atoms in total. The molecule has 1 N–H and O–H groups in total. The van der Waals surface area contributed by atoms with Crippen LogP contribution in [0.5, 0.6) is 5.75 Å².